The first-order valence-electron chi connectivity index (χ1n) is 6.05. The van der Waals surface area contributed by atoms with Crippen molar-refractivity contribution in [3.63, 3.8) is 0 Å². The van der Waals surface area contributed by atoms with Gasteiger partial charge in [-0.15, -0.1) is 11.3 Å². The summed E-state index contributed by atoms with van der Waals surface area (Å²) in [7, 11) is 1.84. The average molecular weight is 275 g/mol. The van der Waals surface area contributed by atoms with Gasteiger partial charge in [0.05, 0.1) is 5.69 Å². The van der Waals surface area contributed by atoms with E-state index >= 15 is 0 Å². The smallest absolute Gasteiger partial charge is 0.257 e. The Labute approximate surface area is 116 Å². The summed E-state index contributed by atoms with van der Waals surface area (Å²) in [6.45, 7) is 5.86. The quantitative estimate of drug-likeness (QED) is 0.903. The zero-order valence-electron chi connectivity index (χ0n) is 11.5. The highest BCUT2D eigenvalue weighted by Crippen LogP contribution is 2.23. The second kappa shape index (κ2) is 5.40. The van der Waals surface area contributed by atoms with E-state index in [1.165, 1.54) is 11.3 Å². The van der Waals surface area contributed by atoms with Crippen molar-refractivity contribution in [1.82, 2.24) is 4.98 Å². The van der Waals surface area contributed by atoms with Crippen molar-refractivity contribution >= 4 is 28.1 Å². The highest BCUT2D eigenvalue weighted by molar-refractivity contribution is 7.15. The number of nitrogens with zero attached hydrogens (tertiary/aromatic N) is 1. The van der Waals surface area contributed by atoms with Crippen LogP contribution >= 0.6 is 11.3 Å². The zero-order chi connectivity index (χ0) is 14.0. The minimum absolute atomic E-state index is 0.122. The number of nitrogens with one attached hydrogen (secondary N) is 2. The van der Waals surface area contributed by atoms with Gasteiger partial charge in [0.2, 0.25) is 0 Å². The molecular weight excluding hydrogens is 258 g/mol. The summed E-state index contributed by atoms with van der Waals surface area (Å²) in [4.78, 5) is 17.7. The SMILES string of the molecule is CNc1cccc(C(=O)Nc2nc(C)c(C)s2)c1C. The maximum absolute atomic E-state index is 12.3. The molecule has 2 rings (SSSR count). The molecule has 1 aromatic heterocycles. The molecule has 0 saturated heterocycles. The van der Waals surface area contributed by atoms with Gasteiger partial charge in [0.1, 0.15) is 0 Å². The van der Waals surface area contributed by atoms with Gasteiger partial charge in [-0.25, -0.2) is 4.98 Å². The molecule has 0 atom stereocenters. The van der Waals surface area contributed by atoms with E-state index in [0.717, 1.165) is 21.8 Å². The normalized spacial score (nSPS) is 10.3. The summed E-state index contributed by atoms with van der Waals surface area (Å²) in [5.41, 5.74) is 3.52. The van der Waals surface area contributed by atoms with E-state index in [4.69, 9.17) is 0 Å². The van der Waals surface area contributed by atoms with Crippen molar-refractivity contribution < 1.29 is 4.79 Å². The van der Waals surface area contributed by atoms with Gasteiger partial charge in [-0.05, 0) is 38.5 Å². The van der Waals surface area contributed by atoms with Gasteiger partial charge in [0.25, 0.3) is 5.91 Å². The highest BCUT2D eigenvalue weighted by Gasteiger charge is 2.13. The molecule has 2 N–H and O–H groups in total. The van der Waals surface area contributed by atoms with Crippen LogP contribution in [0, 0.1) is 20.8 Å². The van der Waals surface area contributed by atoms with Crippen molar-refractivity contribution in [3.8, 4) is 0 Å². The number of aromatic nitrogens is 1. The van der Waals surface area contributed by atoms with Gasteiger partial charge in [0, 0.05) is 23.2 Å². The topological polar surface area (TPSA) is 54.0 Å². The fourth-order valence-electron chi connectivity index (χ4n) is 1.84. The van der Waals surface area contributed by atoms with Crippen molar-refractivity contribution in [2.24, 2.45) is 0 Å². The van der Waals surface area contributed by atoms with Crippen molar-refractivity contribution in [1.29, 1.82) is 0 Å². The lowest BCUT2D eigenvalue weighted by Gasteiger charge is -2.10. The average Bonchev–Trinajstić information content (AvgIpc) is 2.68. The molecule has 1 amide bonds. The van der Waals surface area contributed by atoms with Gasteiger partial charge in [-0.2, -0.15) is 0 Å². The Morgan fingerprint density at radius 3 is 2.58 bits per heavy atom. The Hall–Kier alpha value is -1.88. The van der Waals surface area contributed by atoms with Crippen LogP contribution in [-0.4, -0.2) is 17.9 Å². The third kappa shape index (κ3) is 2.76. The van der Waals surface area contributed by atoms with Crippen LogP contribution < -0.4 is 10.6 Å². The van der Waals surface area contributed by atoms with Crippen molar-refractivity contribution in [2.75, 3.05) is 17.7 Å². The van der Waals surface area contributed by atoms with Gasteiger partial charge in [-0.1, -0.05) is 6.07 Å². The predicted octanol–water partition coefficient (Wildman–Crippen LogP) is 3.36. The van der Waals surface area contributed by atoms with Crippen LogP contribution in [0.1, 0.15) is 26.5 Å². The van der Waals surface area contributed by atoms with Gasteiger partial charge in [-0.3, -0.25) is 10.1 Å². The summed E-state index contributed by atoms with van der Waals surface area (Å²) >= 11 is 1.49. The molecule has 5 heteroatoms. The van der Waals surface area contributed by atoms with Gasteiger partial charge >= 0.3 is 0 Å². The molecule has 2 aromatic rings. The number of aryl methyl sites for hydroxylation is 2. The van der Waals surface area contributed by atoms with E-state index in [1.54, 1.807) is 0 Å². The minimum Gasteiger partial charge on any atom is -0.388 e. The van der Waals surface area contributed by atoms with Crippen molar-refractivity contribution in [2.45, 2.75) is 20.8 Å². The molecule has 19 heavy (non-hydrogen) atoms. The van der Waals surface area contributed by atoms with E-state index in [2.05, 4.69) is 15.6 Å². The summed E-state index contributed by atoms with van der Waals surface area (Å²) in [5.74, 6) is -0.122. The van der Waals surface area contributed by atoms with Crippen LogP contribution in [0.25, 0.3) is 0 Å². The lowest BCUT2D eigenvalue weighted by atomic mass is 10.1. The molecule has 1 aromatic carbocycles. The molecular formula is C14H17N3OS. The third-order valence-corrected chi connectivity index (χ3v) is 4.09. The van der Waals surface area contributed by atoms with Crippen LogP contribution in [-0.2, 0) is 0 Å². The van der Waals surface area contributed by atoms with E-state index in [-0.39, 0.29) is 5.91 Å². The summed E-state index contributed by atoms with van der Waals surface area (Å²) in [5, 5.41) is 6.57. The molecule has 0 spiro atoms. The standard InChI is InChI=1S/C14H17N3OS/c1-8-11(6-5-7-12(8)15-4)13(18)17-14-16-9(2)10(3)19-14/h5-7,15H,1-4H3,(H,16,17,18). The first-order valence-corrected chi connectivity index (χ1v) is 6.87. The Balaban J connectivity index is 2.25. The molecule has 1 heterocycles. The van der Waals surface area contributed by atoms with E-state index in [1.807, 2.05) is 46.0 Å². The second-order valence-corrected chi connectivity index (χ2v) is 5.55. The predicted molar refractivity (Wildman–Crippen MR) is 80.3 cm³/mol. The second-order valence-electron chi connectivity index (χ2n) is 4.34. The monoisotopic (exact) mass is 275 g/mol. The fourth-order valence-corrected chi connectivity index (χ4v) is 2.65. The lowest BCUT2D eigenvalue weighted by molar-refractivity contribution is 0.102. The van der Waals surface area contributed by atoms with Crippen LogP contribution in [0.2, 0.25) is 0 Å². The van der Waals surface area contributed by atoms with Crippen LogP contribution in [0.3, 0.4) is 0 Å². The van der Waals surface area contributed by atoms with Gasteiger partial charge < -0.3 is 5.32 Å². The van der Waals surface area contributed by atoms with E-state index in [0.29, 0.717) is 10.7 Å². The molecule has 0 unspecified atom stereocenters. The number of anilines is 2. The highest BCUT2D eigenvalue weighted by atomic mass is 32.1. The number of amides is 1. The number of carbonyl (C=O) groups excluding carboxylic acids is 1. The Morgan fingerprint density at radius 1 is 1.26 bits per heavy atom. The zero-order valence-corrected chi connectivity index (χ0v) is 12.3. The number of hydrogen-bond donors (Lipinski definition) is 2. The van der Waals surface area contributed by atoms with Crippen molar-refractivity contribution in [3.05, 3.63) is 39.9 Å². The molecule has 0 aliphatic heterocycles. The number of carbonyl (C=O) groups is 1. The maximum atomic E-state index is 12.3. The minimum atomic E-state index is -0.122. The number of benzene rings is 1. The number of rotatable bonds is 3. The van der Waals surface area contributed by atoms with Crippen LogP contribution in [0.4, 0.5) is 10.8 Å². The number of thiazole rings is 1. The molecule has 0 saturated carbocycles. The fraction of sp³-hybridized carbons (Fsp3) is 0.286. The molecule has 0 fully saturated rings. The van der Waals surface area contributed by atoms with Crippen LogP contribution in [0.15, 0.2) is 18.2 Å². The van der Waals surface area contributed by atoms with E-state index < -0.39 is 0 Å². The summed E-state index contributed by atoms with van der Waals surface area (Å²) in [6.07, 6.45) is 0. The molecule has 0 bridgehead atoms. The molecule has 0 aliphatic carbocycles. The molecule has 0 aliphatic rings. The largest absolute Gasteiger partial charge is 0.388 e. The maximum Gasteiger partial charge on any atom is 0.257 e. The first-order chi connectivity index (χ1) is 9.02. The molecule has 0 radical (unpaired) electrons. The van der Waals surface area contributed by atoms with Gasteiger partial charge in [0.15, 0.2) is 5.13 Å². The number of hydrogen-bond acceptors (Lipinski definition) is 4. The molecule has 100 valence electrons. The summed E-state index contributed by atoms with van der Waals surface area (Å²) in [6, 6.07) is 5.63. The Morgan fingerprint density at radius 2 is 2.00 bits per heavy atom. The lowest BCUT2D eigenvalue weighted by Crippen LogP contribution is -2.14. The van der Waals surface area contributed by atoms with Crippen LogP contribution in [0.5, 0.6) is 0 Å². The Kier molecular flexibility index (Phi) is 3.85. The van der Waals surface area contributed by atoms with E-state index in [9.17, 15) is 4.79 Å². The third-order valence-electron chi connectivity index (χ3n) is 3.10. The first kappa shape index (κ1) is 13.5. The summed E-state index contributed by atoms with van der Waals surface area (Å²) < 4.78 is 0. The molecule has 4 nitrogen and oxygen atoms in total. The Bertz CT molecular complexity index is 600.